The zero-order chi connectivity index (χ0) is 27.1. The lowest BCUT2D eigenvalue weighted by molar-refractivity contribution is 0.0940. The topological polar surface area (TPSA) is 133 Å². The number of amides is 1. The van der Waals surface area contributed by atoms with Crippen molar-refractivity contribution >= 4 is 22.8 Å². The first-order valence-corrected chi connectivity index (χ1v) is 13.7. The number of anilines is 1. The first-order valence-electron chi connectivity index (χ1n) is 13.7. The van der Waals surface area contributed by atoms with E-state index in [0.29, 0.717) is 53.8 Å². The predicted molar refractivity (Wildman–Crippen MR) is 147 cm³/mol. The van der Waals surface area contributed by atoms with Gasteiger partial charge in [0.25, 0.3) is 11.5 Å². The maximum Gasteiger partial charge on any atom is 0.331 e. The van der Waals surface area contributed by atoms with Crippen molar-refractivity contribution in [3.8, 4) is 0 Å². The third kappa shape index (κ3) is 4.63. The van der Waals surface area contributed by atoms with E-state index in [0.717, 1.165) is 43.6 Å². The molecule has 1 atom stereocenters. The Labute approximate surface area is 221 Å². The van der Waals surface area contributed by atoms with Gasteiger partial charge in [-0.3, -0.25) is 18.7 Å². The average molecular weight is 523 g/mol. The van der Waals surface area contributed by atoms with Crippen LogP contribution >= 0.6 is 0 Å². The van der Waals surface area contributed by atoms with E-state index in [4.69, 9.17) is 5.73 Å². The molecule has 0 aromatic carbocycles. The number of carbonyl (C=O) groups excluding carboxylic acids is 1. The molecule has 1 aliphatic carbocycles. The molecule has 1 saturated heterocycles. The molecule has 11 heteroatoms. The summed E-state index contributed by atoms with van der Waals surface area (Å²) < 4.78 is 4.48. The first kappa shape index (κ1) is 26.1. The molecule has 204 valence electrons. The van der Waals surface area contributed by atoms with Gasteiger partial charge in [-0.2, -0.15) is 0 Å². The lowest BCUT2D eigenvalue weighted by atomic mass is 9.85. The molecule has 0 unspecified atom stereocenters. The monoisotopic (exact) mass is 522 g/mol. The van der Waals surface area contributed by atoms with Crippen molar-refractivity contribution in [2.24, 2.45) is 18.7 Å². The summed E-state index contributed by atoms with van der Waals surface area (Å²) in [5.41, 5.74) is 7.98. The number of hydrogen-bond acceptors (Lipinski definition) is 7. The maximum atomic E-state index is 14.0. The molecular weight excluding hydrogens is 484 g/mol. The van der Waals surface area contributed by atoms with Crippen LogP contribution in [0.5, 0.6) is 0 Å². The van der Waals surface area contributed by atoms with Crippen LogP contribution in [0.15, 0.2) is 15.7 Å². The van der Waals surface area contributed by atoms with E-state index < -0.39 is 11.2 Å². The molecule has 3 N–H and O–H groups in total. The summed E-state index contributed by atoms with van der Waals surface area (Å²) in [6, 6.07) is 1.82. The van der Waals surface area contributed by atoms with Gasteiger partial charge < -0.3 is 20.5 Å². The van der Waals surface area contributed by atoms with Gasteiger partial charge in [-0.05, 0) is 58.4 Å². The van der Waals surface area contributed by atoms with Crippen molar-refractivity contribution in [2.45, 2.75) is 72.0 Å². The number of aryl methyl sites for hydroxylation is 4. The van der Waals surface area contributed by atoms with Crippen LogP contribution in [0, 0.1) is 19.8 Å². The molecule has 0 bridgehead atoms. The Bertz CT molecular complexity index is 1480. The molecule has 5 rings (SSSR count). The fraction of sp³-hybridized carbons (Fsp3) is 0.593. The third-order valence-electron chi connectivity index (χ3n) is 7.92. The van der Waals surface area contributed by atoms with E-state index in [2.05, 4.69) is 20.2 Å². The number of hydrogen-bond donors (Lipinski definition) is 2. The number of rotatable bonds is 7. The second kappa shape index (κ2) is 10.4. The Hall–Kier alpha value is -3.47. The van der Waals surface area contributed by atoms with E-state index >= 15 is 0 Å². The minimum Gasteiger partial charge on any atom is -0.356 e. The third-order valence-corrected chi connectivity index (χ3v) is 7.92. The number of aromatic nitrogens is 5. The largest absolute Gasteiger partial charge is 0.356 e. The van der Waals surface area contributed by atoms with Crippen molar-refractivity contribution in [3.63, 3.8) is 0 Å². The van der Waals surface area contributed by atoms with Crippen LogP contribution in [0.4, 0.5) is 5.82 Å². The van der Waals surface area contributed by atoms with Gasteiger partial charge in [0, 0.05) is 50.7 Å². The van der Waals surface area contributed by atoms with Gasteiger partial charge >= 0.3 is 5.69 Å². The number of piperidine rings is 1. The van der Waals surface area contributed by atoms with Crippen molar-refractivity contribution in [3.05, 3.63) is 49.7 Å². The predicted octanol–water partition coefficient (Wildman–Crippen LogP) is 1.43. The summed E-state index contributed by atoms with van der Waals surface area (Å²) in [7, 11) is 1.62. The number of carbonyl (C=O) groups is 1. The minimum atomic E-state index is -0.506. The van der Waals surface area contributed by atoms with E-state index in [9.17, 15) is 14.4 Å². The molecule has 3 aromatic rings. The highest BCUT2D eigenvalue weighted by Crippen LogP contribution is 2.33. The molecule has 38 heavy (non-hydrogen) atoms. The van der Waals surface area contributed by atoms with Crippen molar-refractivity contribution in [1.82, 2.24) is 29.0 Å². The highest BCUT2D eigenvalue weighted by Gasteiger charge is 2.33. The standard InChI is InChI=1S/C27H38N8O3/c1-5-34-23-22(32(4)27(38)35(26(23)37)15-20-30-16(2)12-17(3)31-20)21(24(36)29-13-18-8-6-9-18)25(34)33-11-7-10-19(28)14-33/h12,18-19H,5-11,13-15,28H2,1-4H3,(H,29,36)/t19-/m1/s1. The van der Waals surface area contributed by atoms with Gasteiger partial charge in [0.1, 0.15) is 22.7 Å². The molecule has 1 saturated carbocycles. The summed E-state index contributed by atoms with van der Waals surface area (Å²) in [5.74, 6) is 1.28. The molecule has 1 amide bonds. The van der Waals surface area contributed by atoms with Crippen molar-refractivity contribution < 1.29 is 4.79 Å². The van der Waals surface area contributed by atoms with Gasteiger partial charge in [-0.1, -0.05) is 6.42 Å². The Kier molecular flexibility index (Phi) is 7.13. The molecule has 1 aliphatic heterocycles. The molecule has 3 aromatic heterocycles. The smallest absolute Gasteiger partial charge is 0.331 e. The van der Waals surface area contributed by atoms with E-state index in [1.807, 2.05) is 31.4 Å². The van der Waals surface area contributed by atoms with Crippen molar-refractivity contribution in [1.29, 1.82) is 0 Å². The molecular formula is C27H38N8O3. The zero-order valence-corrected chi connectivity index (χ0v) is 22.8. The first-order chi connectivity index (χ1) is 18.2. The van der Waals surface area contributed by atoms with Crippen LogP contribution in [0.3, 0.4) is 0 Å². The van der Waals surface area contributed by atoms with Gasteiger partial charge in [-0.25, -0.2) is 14.8 Å². The second-order valence-corrected chi connectivity index (χ2v) is 10.8. The highest BCUT2D eigenvalue weighted by molar-refractivity contribution is 6.11. The summed E-state index contributed by atoms with van der Waals surface area (Å²) in [6.07, 6.45) is 5.20. The Morgan fingerprint density at radius 2 is 1.79 bits per heavy atom. The molecule has 2 fully saturated rings. The van der Waals surface area contributed by atoms with Crippen LogP contribution in [0.2, 0.25) is 0 Å². The summed E-state index contributed by atoms with van der Waals surface area (Å²) in [5, 5.41) is 3.10. The highest BCUT2D eigenvalue weighted by atomic mass is 16.2. The number of nitrogens with one attached hydrogen (secondary N) is 1. The van der Waals surface area contributed by atoms with Gasteiger partial charge in [0.2, 0.25) is 0 Å². The fourth-order valence-electron chi connectivity index (χ4n) is 5.85. The quantitative estimate of drug-likeness (QED) is 0.480. The van der Waals surface area contributed by atoms with Gasteiger partial charge in [0.05, 0.1) is 12.1 Å². The lowest BCUT2D eigenvalue weighted by Crippen LogP contribution is -2.44. The number of nitrogens with zero attached hydrogens (tertiary/aromatic N) is 6. The molecule has 4 heterocycles. The van der Waals surface area contributed by atoms with Crippen LogP contribution in [-0.2, 0) is 20.1 Å². The molecule has 0 radical (unpaired) electrons. The minimum absolute atomic E-state index is 0.0276. The van der Waals surface area contributed by atoms with Gasteiger partial charge in [0.15, 0.2) is 0 Å². The normalized spacial score (nSPS) is 18.1. The van der Waals surface area contributed by atoms with Crippen LogP contribution in [0.1, 0.15) is 66.6 Å². The SMILES string of the molecule is CCn1c(N2CCC[C@@H](N)C2)c(C(=O)NCC2CCC2)c2c1c(=O)n(Cc1nc(C)cc(C)n1)c(=O)n2C. The molecule has 11 nitrogen and oxygen atoms in total. The number of fused-ring (bicyclic) bond motifs is 1. The van der Waals surface area contributed by atoms with Crippen LogP contribution in [-0.4, -0.2) is 55.3 Å². The Balaban J connectivity index is 1.72. The van der Waals surface area contributed by atoms with E-state index in [1.165, 1.54) is 15.6 Å². The molecule has 2 aliphatic rings. The Morgan fingerprint density at radius 3 is 2.39 bits per heavy atom. The second-order valence-electron chi connectivity index (χ2n) is 10.8. The lowest BCUT2D eigenvalue weighted by Gasteiger charge is -2.34. The zero-order valence-electron chi connectivity index (χ0n) is 22.8. The number of nitrogens with two attached hydrogens (primary N) is 1. The average Bonchev–Trinajstić information content (AvgIpc) is 3.19. The van der Waals surface area contributed by atoms with Crippen molar-refractivity contribution in [2.75, 3.05) is 24.5 Å². The fourth-order valence-corrected chi connectivity index (χ4v) is 5.85. The Morgan fingerprint density at radius 1 is 1.08 bits per heavy atom. The van der Waals surface area contributed by atoms with Crippen LogP contribution in [0.25, 0.3) is 11.0 Å². The summed E-state index contributed by atoms with van der Waals surface area (Å²) in [4.78, 5) is 52.4. The van der Waals surface area contributed by atoms with Crippen LogP contribution < -0.4 is 27.2 Å². The van der Waals surface area contributed by atoms with Gasteiger partial charge in [-0.15, -0.1) is 0 Å². The van der Waals surface area contributed by atoms with E-state index in [-0.39, 0.29) is 18.5 Å². The van der Waals surface area contributed by atoms with E-state index in [1.54, 1.807) is 7.05 Å². The summed E-state index contributed by atoms with van der Waals surface area (Å²) >= 11 is 0. The maximum absolute atomic E-state index is 14.0. The molecule has 0 spiro atoms. The summed E-state index contributed by atoms with van der Waals surface area (Å²) in [6.45, 7) is 7.97.